The highest BCUT2D eigenvalue weighted by Gasteiger charge is 2.21. The van der Waals surface area contributed by atoms with Gasteiger partial charge in [0.15, 0.2) is 0 Å². The first-order valence-electron chi connectivity index (χ1n) is 8.10. The Balaban J connectivity index is 1.36. The Hall–Kier alpha value is -2.40. The summed E-state index contributed by atoms with van der Waals surface area (Å²) in [5.41, 5.74) is 2.16. The van der Waals surface area contributed by atoms with Crippen LogP contribution in [0.5, 0.6) is 5.75 Å². The second-order valence-corrected chi connectivity index (χ2v) is 6.00. The van der Waals surface area contributed by atoms with Gasteiger partial charge in [0, 0.05) is 42.9 Å². The van der Waals surface area contributed by atoms with E-state index >= 15 is 0 Å². The summed E-state index contributed by atoms with van der Waals surface area (Å²) >= 11 is 0. The molecule has 4 rings (SSSR count). The molecule has 23 heavy (non-hydrogen) atoms. The van der Waals surface area contributed by atoms with E-state index in [4.69, 9.17) is 4.74 Å². The molecule has 0 unspecified atom stereocenters. The Morgan fingerprint density at radius 3 is 2.87 bits per heavy atom. The minimum absolute atomic E-state index is 0.286. The molecule has 118 valence electrons. The van der Waals surface area contributed by atoms with Crippen LogP contribution in [-0.2, 0) is 6.54 Å². The first-order valence-corrected chi connectivity index (χ1v) is 8.10. The fourth-order valence-corrected chi connectivity index (χ4v) is 3.17. The van der Waals surface area contributed by atoms with Crippen molar-refractivity contribution in [3.8, 4) is 5.75 Å². The first kappa shape index (κ1) is 14.2. The van der Waals surface area contributed by atoms with Gasteiger partial charge < -0.3 is 9.72 Å². The highest BCUT2D eigenvalue weighted by atomic mass is 16.5. The van der Waals surface area contributed by atoms with Crippen LogP contribution in [0.1, 0.15) is 18.5 Å². The van der Waals surface area contributed by atoms with Gasteiger partial charge in [-0.3, -0.25) is 4.90 Å². The molecular weight excluding hydrogens is 288 g/mol. The number of aromatic nitrogens is 3. The molecule has 1 fully saturated rings. The molecule has 0 aliphatic carbocycles. The number of hydrogen-bond acceptors (Lipinski definition) is 4. The van der Waals surface area contributed by atoms with E-state index < -0.39 is 0 Å². The van der Waals surface area contributed by atoms with Crippen molar-refractivity contribution in [2.75, 3.05) is 13.1 Å². The molecule has 0 radical (unpaired) electrons. The number of rotatable bonds is 4. The van der Waals surface area contributed by atoms with Gasteiger partial charge >= 0.3 is 0 Å². The first-order chi connectivity index (χ1) is 11.4. The maximum Gasteiger partial charge on any atom is 0.129 e. The predicted octanol–water partition coefficient (Wildman–Crippen LogP) is 3.00. The average molecular weight is 308 g/mol. The van der Waals surface area contributed by atoms with Gasteiger partial charge in [-0.15, -0.1) is 0 Å². The standard InChI is InChI=1S/C18H20N4O/c1-4-17-16(6-10-19-17)18(5-1)23-15-7-11-22(12-8-15)13-14-3-2-9-20-21-14/h1-6,9-10,15,19H,7-8,11-13H2. The number of fused-ring (bicyclic) bond motifs is 1. The largest absolute Gasteiger partial charge is 0.490 e. The van der Waals surface area contributed by atoms with Gasteiger partial charge in [-0.1, -0.05) is 6.07 Å². The third-order valence-electron chi connectivity index (χ3n) is 4.40. The Bertz CT molecular complexity index is 763. The minimum atomic E-state index is 0.286. The number of aromatic amines is 1. The lowest BCUT2D eigenvalue weighted by molar-refractivity contribution is 0.0971. The minimum Gasteiger partial charge on any atom is -0.490 e. The van der Waals surface area contributed by atoms with Gasteiger partial charge in [0.2, 0.25) is 0 Å². The molecule has 5 nitrogen and oxygen atoms in total. The van der Waals surface area contributed by atoms with Crippen LogP contribution in [0.3, 0.4) is 0 Å². The van der Waals surface area contributed by atoms with Crippen molar-refractivity contribution in [3.05, 3.63) is 54.5 Å². The molecular formula is C18H20N4O. The highest BCUT2D eigenvalue weighted by molar-refractivity contribution is 5.85. The van der Waals surface area contributed by atoms with E-state index in [0.717, 1.165) is 54.8 Å². The van der Waals surface area contributed by atoms with Gasteiger partial charge in [0.25, 0.3) is 0 Å². The molecule has 5 heteroatoms. The van der Waals surface area contributed by atoms with Crippen LogP contribution in [0.4, 0.5) is 0 Å². The van der Waals surface area contributed by atoms with Crippen molar-refractivity contribution < 1.29 is 4.74 Å². The van der Waals surface area contributed by atoms with Gasteiger partial charge in [0.1, 0.15) is 11.9 Å². The van der Waals surface area contributed by atoms with E-state index in [1.165, 1.54) is 0 Å². The monoisotopic (exact) mass is 308 g/mol. The molecule has 3 aromatic rings. The van der Waals surface area contributed by atoms with E-state index in [9.17, 15) is 0 Å². The zero-order valence-corrected chi connectivity index (χ0v) is 13.0. The second-order valence-electron chi connectivity index (χ2n) is 6.00. The quantitative estimate of drug-likeness (QED) is 0.805. The number of ether oxygens (including phenoxy) is 1. The topological polar surface area (TPSA) is 54.0 Å². The third kappa shape index (κ3) is 3.19. The number of nitrogens with zero attached hydrogens (tertiary/aromatic N) is 3. The van der Waals surface area contributed by atoms with Crippen molar-refractivity contribution in [3.63, 3.8) is 0 Å². The van der Waals surface area contributed by atoms with Crippen molar-refractivity contribution in [1.82, 2.24) is 20.1 Å². The van der Waals surface area contributed by atoms with E-state index in [0.29, 0.717) is 0 Å². The number of likely N-dealkylation sites (tertiary alicyclic amines) is 1. The summed E-state index contributed by atoms with van der Waals surface area (Å²) in [4.78, 5) is 5.65. The molecule has 0 spiro atoms. The zero-order chi connectivity index (χ0) is 15.5. The van der Waals surface area contributed by atoms with Crippen LogP contribution in [-0.4, -0.2) is 39.3 Å². The molecule has 1 aromatic carbocycles. The van der Waals surface area contributed by atoms with Crippen LogP contribution in [0.25, 0.3) is 10.9 Å². The molecule has 1 N–H and O–H groups in total. The molecule has 1 aliphatic heterocycles. The normalized spacial score (nSPS) is 16.7. The summed E-state index contributed by atoms with van der Waals surface area (Å²) in [5.74, 6) is 0.983. The number of hydrogen-bond donors (Lipinski definition) is 1. The number of piperidine rings is 1. The van der Waals surface area contributed by atoms with Gasteiger partial charge in [-0.2, -0.15) is 10.2 Å². The van der Waals surface area contributed by atoms with Gasteiger partial charge in [-0.25, -0.2) is 0 Å². The van der Waals surface area contributed by atoms with Crippen LogP contribution in [0.15, 0.2) is 48.8 Å². The molecule has 2 aromatic heterocycles. The summed E-state index contributed by atoms with van der Waals surface area (Å²) in [6.07, 6.45) is 6.04. The van der Waals surface area contributed by atoms with Gasteiger partial charge in [0.05, 0.1) is 5.69 Å². The van der Waals surface area contributed by atoms with Crippen LogP contribution in [0.2, 0.25) is 0 Å². The third-order valence-corrected chi connectivity index (χ3v) is 4.40. The molecule has 1 aliphatic rings. The number of benzene rings is 1. The summed E-state index contributed by atoms with van der Waals surface area (Å²) < 4.78 is 6.25. The van der Waals surface area contributed by atoms with Gasteiger partial charge in [-0.05, 0) is 43.2 Å². The van der Waals surface area contributed by atoms with Crippen molar-refractivity contribution in [2.24, 2.45) is 0 Å². The fourth-order valence-electron chi connectivity index (χ4n) is 3.17. The Morgan fingerprint density at radius 2 is 2.04 bits per heavy atom. The van der Waals surface area contributed by atoms with E-state index in [1.807, 2.05) is 24.4 Å². The summed E-state index contributed by atoms with van der Waals surface area (Å²) in [7, 11) is 0. The molecule has 0 saturated carbocycles. The number of H-pyrrole nitrogens is 1. The SMILES string of the molecule is c1cnnc(CN2CCC(Oc3cccc4[nH]ccc34)CC2)c1. The van der Waals surface area contributed by atoms with Crippen LogP contribution < -0.4 is 4.74 Å². The lowest BCUT2D eigenvalue weighted by Gasteiger charge is -2.31. The summed E-state index contributed by atoms with van der Waals surface area (Å²) in [6.45, 7) is 2.93. The summed E-state index contributed by atoms with van der Waals surface area (Å²) in [6, 6.07) is 12.2. The zero-order valence-electron chi connectivity index (χ0n) is 13.0. The predicted molar refractivity (Wildman–Crippen MR) is 89.3 cm³/mol. The maximum absolute atomic E-state index is 6.25. The van der Waals surface area contributed by atoms with Crippen LogP contribution in [0, 0.1) is 0 Å². The van der Waals surface area contributed by atoms with Crippen molar-refractivity contribution >= 4 is 10.9 Å². The van der Waals surface area contributed by atoms with E-state index in [2.05, 4.69) is 38.3 Å². The lowest BCUT2D eigenvalue weighted by atomic mass is 10.1. The summed E-state index contributed by atoms with van der Waals surface area (Å²) in [5, 5.41) is 9.26. The Morgan fingerprint density at radius 1 is 1.13 bits per heavy atom. The second kappa shape index (κ2) is 6.38. The highest BCUT2D eigenvalue weighted by Crippen LogP contribution is 2.27. The molecule has 0 bridgehead atoms. The molecule has 0 atom stereocenters. The fraction of sp³-hybridized carbons (Fsp3) is 0.333. The van der Waals surface area contributed by atoms with E-state index in [-0.39, 0.29) is 6.10 Å². The Kier molecular flexibility index (Phi) is 3.94. The average Bonchev–Trinajstić information content (AvgIpc) is 3.07. The van der Waals surface area contributed by atoms with Crippen LogP contribution >= 0.6 is 0 Å². The molecule has 1 saturated heterocycles. The Labute approximate surface area is 135 Å². The molecule has 0 amide bonds. The maximum atomic E-state index is 6.25. The lowest BCUT2D eigenvalue weighted by Crippen LogP contribution is -2.38. The van der Waals surface area contributed by atoms with Crippen molar-refractivity contribution in [2.45, 2.75) is 25.5 Å². The van der Waals surface area contributed by atoms with E-state index in [1.54, 1.807) is 6.20 Å². The van der Waals surface area contributed by atoms with Crippen molar-refractivity contribution in [1.29, 1.82) is 0 Å². The smallest absolute Gasteiger partial charge is 0.129 e. The molecule has 3 heterocycles. The number of nitrogens with one attached hydrogen (secondary N) is 1.